The Hall–Kier alpha value is -1.25. The SMILES string of the molecule is Cc1[nH]nc(NS(=O)(=O)c2ccc(Cl)s2)c1N. The minimum Gasteiger partial charge on any atom is -0.394 e. The Bertz CT molecular complexity index is 646. The first-order valence-electron chi connectivity index (χ1n) is 4.49. The fourth-order valence-electron chi connectivity index (χ4n) is 1.14. The maximum atomic E-state index is 11.9. The monoisotopic (exact) mass is 292 g/mol. The van der Waals surface area contributed by atoms with Crippen molar-refractivity contribution in [3.05, 3.63) is 22.2 Å². The average Bonchev–Trinajstić information content (AvgIpc) is 2.80. The van der Waals surface area contributed by atoms with Crippen molar-refractivity contribution in [2.24, 2.45) is 0 Å². The van der Waals surface area contributed by atoms with Crippen molar-refractivity contribution >= 4 is 44.5 Å². The van der Waals surface area contributed by atoms with Gasteiger partial charge >= 0.3 is 0 Å². The summed E-state index contributed by atoms with van der Waals surface area (Å²) in [4.78, 5) is 0. The number of aryl methyl sites for hydroxylation is 1. The van der Waals surface area contributed by atoms with Gasteiger partial charge in [-0.1, -0.05) is 11.6 Å². The molecule has 0 aromatic carbocycles. The number of H-pyrrole nitrogens is 1. The van der Waals surface area contributed by atoms with Crippen LogP contribution >= 0.6 is 22.9 Å². The van der Waals surface area contributed by atoms with Gasteiger partial charge in [-0.05, 0) is 19.1 Å². The number of anilines is 2. The van der Waals surface area contributed by atoms with E-state index in [0.29, 0.717) is 10.0 Å². The van der Waals surface area contributed by atoms with E-state index in [1.807, 2.05) is 0 Å². The van der Waals surface area contributed by atoms with Gasteiger partial charge < -0.3 is 5.73 Å². The largest absolute Gasteiger partial charge is 0.394 e. The van der Waals surface area contributed by atoms with Crippen LogP contribution in [0.4, 0.5) is 11.5 Å². The Morgan fingerprint density at radius 2 is 2.24 bits per heavy atom. The predicted octanol–water partition coefficient (Wildman–Crippen LogP) is 1.82. The van der Waals surface area contributed by atoms with Crippen molar-refractivity contribution in [3.8, 4) is 0 Å². The minimum atomic E-state index is -3.68. The molecule has 0 bridgehead atoms. The number of thiophene rings is 1. The van der Waals surface area contributed by atoms with Crippen molar-refractivity contribution in [3.63, 3.8) is 0 Å². The van der Waals surface area contributed by atoms with Crippen LogP contribution in [-0.4, -0.2) is 18.6 Å². The van der Waals surface area contributed by atoms with Gasteiger partial charge in [0, 0.05) is 0 Å². The molecule has 0 aliphatic carbocycles. The second-order valence-electron chi connectivity index (χ2n) is 3.27. The van der Waals surface area contributed by atoms with Gasteiger partial charge in [0.2, 0.25) is 0 Å². The molecule has 0 atom stereocenters. The highest BCUT2D eigenvalue weighted by Gasteiger charge is 2.19. The summed E-state index contributed by atoms with van der Waals surface area (Å²) in [5.41, 5.74) is 6.53. The molecular formula is C8H9ClN4O2S2. The van der Waals surface area contributed by atoms with Gasteiger partial charge in [0.15, 0.2) is 5.82 Å². The van der Waals surface area contributed by atoms with Crippen LogP contribution in [-0.2, 0) is 10.0 Å². The van der Waals surface area contributed by atoms with Crippen molar-refractivity contribution in [1.82, 2.24) is 10.2 Å². The number of hydrogen-bond acceptors (Lipinski definition) is 5. The molecule has 92 valence electrons. The van der Waals surface area contributed by atoms with Gasteiger partial charge in [-0.2, -0.15) is 5.10 Å². The molecule has 2 heterocycles. The molecule has 9 heteroatoms. The number of nitrogens with two attached hydrogens (primary N) is 1. The Kier molecular flexibility index (Phi) is 3.02. The lowest BCUT2D eigenvalue weighted by Gasteiger charge is -2.03. The van der Waals surface area contributed by atoms with Crippen LogP contribution in [0.15, 0.2) is 16.3 Å². The Labute approximate surface area is 107 Å². The van der Waals surface area contributed by atoms with E-state index in [4.69, 9.17) is 17.3 Å². The summed E-state index contributed by atoms with van der Waals surface area (Å²) >= 11 is 6.65. The molecular weight excluding hydrogens is 284 g/mol. The predicted molar refractivity (Wildman–Crippen MR) is 67.9 cm³/mol. The molecule has 2 aromatic heterocycles. The standard InChI is InChI=1S/C8H9ClN4O2S2/c1-4-7(10)8(12-11-4)13-17(14,15)6-3-2-5(9)16-6/h2-3H,10H2,1H3,(H2,11,12,13). The maximum Gasteiger partial charge on any atom is 0.272 e. The molecule has 0 fully saturated rings. The number of aromatic amines is 1. The molecule has 4 N–H and O–H groups in total. The third kappa shape index (κ3) is 2.38. The zero-order valence-corrected chi connectivity index (χ0v) is 11.1. The number of nitrogen functional groups attached to an aromatic ring is 1. The highest BCUT2D eigenvalue weighted by atomic mass is 35.5. The van der Waals surface area contributed by atoms with Gasteiger partial charge in [-0.25, -0.2) is 8.42 Å². The first kappa shape index (κ1) is 12.2. The highest BCUT2D eigenvalue weighted by molar-refractivity contribution is 7.94. The summed E-state index contributed by atoms with van der Waals surface area (Å²) in [6.45, 7) is 1.70. The van der Waals surface area contributed by atoms with E-state index in [1.54, 1.807) is 6.92 Å². The zero-order chi connectivity index (χ0) is 12.6. The number of aromatic nitrogens is 2. The van der Waals surface area contributed by atoms with Crippen molar-refractivity contribution in [2.45, 2.75) is 11.1 Å². The average molecular weight is 293 g/mol. The molecule has 2 aromatic rings. The van der Waals surface area contributed by atoms with Crippen LogP contribution in [0.25, 0.3) is 0 Å². The van der Waals surface area contributed by atoms with Crippen molar-refractivity contribution in [1.29, 1.82) is 0 Å². The van der Waals surface area contributed by atoms with Crippen LogP contribution in [0.3, 0.4) is 0 Å². The first-order valence-corrected chi connectivity index (χ1v) is 7.16. The van der Waals surface area contributed by atoms with Crippen LogP contribution in [0.1, 0.15) is 5.69 Å². The number of nitrogens with zero attached hydrogens (tertiary/aromatic N) is 1. The summed E-state index contributed by atoms with van der Waals surface area (Å²) < 4.78 is 26.6. The van der Waals surface area contributed by atoms with E-state index in [1.165, 1.54) is 12.1 Å². The molecule has 0 spiro atoms. The quantitative estimate of drug-likeness (QED) is 0.803. The van der Waals surface area contributed by atoms with E-state index < -0.39 is 10.0 Å². The van der Waals surface area contributed by atoms with Crippen LogP contribution < -0.4 is 10.5 Å². The first-order chi connectivity index (χ1) is 7.90. The second-order valence-corrected chi connectivity index (χ2v) is 6.90. The molecule has 2 rings (SSSR count). The van der Waals surface area contributed by atoms with E-state index in [0.717, 1.165) is 11.3 Å². The summed E-state index contributed by atoms with van der Waals surface area (Å²) in [6, 6.07) is 2.94. The number of nitrogens with one attached hydrogen (secondary N) is 2. The van der Waals surface area contributed by atoms with Crippen LogP contribution in [0, 0.1) is 6.92 Å². The molecule has 17 heavy (non-hydrogen) atoms. The number of rotatable bonds is 3. The Morgan fingerprint density at radius 1 is 1.53 bits per heavy atom. The Morgan fingerprint density at radius 3 is 2.71 bits per heavy atom. The van der Waals surface area contributed by atoms with Crippen LogP contribution in [0.5, 0.6) is 0 Å². The molecule has 6 nitrogen and oxygen atoms in total. The van der Waals surface area contributed by atoms with Crippen LogP contribution in [0.2, 0.25) is 4.34 Å². The zero-order valence-electron chi connectivity index (χ0n) is 8.69. The third-order valence-corrected chi connectivity index (χ3v) is 5.10. The fraction of sp³-hybridized carbons (Fsp3) is 0.125. The molecule has 0 saturated heterocycles. The number of halogens is 1. The lowest BCUT2D eigenvalue weighted by atomic mass is 10.4. The molecule has 0 unspecified atom stereocenters. The molecule has 0 saturated carbocycles. The molecule has 0 radical (unpaired) electrons. The highest BCUT2D eigenvalue weighted by Crippen LogP contribution is 2.28. The number of sulfonamides is 1. The van der Waals surface area contributed by atoms with E-state index >= 15 is 0 Å². The molecule has 0 aliphatic rings. The fourth-order valence-corrected chi connectivity index (χ4v) is 3.64. The Balaban J connectivity index is 2.33. The smallest absolute Gasteiger partial charge is 0.272 e. The van der Waals surface area contributed by atoms with Crippen molar-refractivity contribution in [2.75, 3.05) is 10.5 Å². The van der Waals surface area contributed by atoms with Crippen molar-refractivity contribution < 1.29 is 8.42 Å². The maximum absolute atomic E-state index is 11.9. The van der Waals surface area contributed by atoms with E-state index in [2.05, 4.69) is 14.9 Å². The minimum absolute atomic E-state index is 0.0898. The summed E-state index contributed by atoms with van der Waals surface area (Å²) in [5, 5.41) is 6.36. The molecule has 0 aliphatic heterocycles. The lowest BCUT2D eigenvalue weighted by molar-refractivity contribution is 0.603. The molecule has 0 amide bonds. The van der Waals surface area contributed by atoms with Gasteiger partial charge in [-0.3, -0.25) is 9.82 Å². The normalized spacial score (nSPS) is 11.6. The van der Waals surface area contributed by atoms with Gasteiger partial charge in [-0.15, -0.1) is 11.3 Å². The summed E-state index contributed by atoms with van der Waals surface area (Å²) in [7, 11) is -3.68. The lowest BCUT2D eigenvalue weighted by Crippen LogP contribution is -2.12. The third-order valence-electron chi connectivity index (χ3n) is 2.04. The second kappa shape index (κ2) is 4.21. The van der Waals surface area contributed by atoms with Gasteiger partial charge in [0.1, 0.15) is 4.21 Å². The summed E-state index contributed by atoms with van der Waals surface area (Å²) in [6.07, 6.45) is 0. The number of hydrogen-bond donors (Lipinski definition) is 3. The van der Waals surface area contributed by atoms with Gasteiger partial charge in [0.05, 0.1) is 15.7 Å². The van der Waals surface area contributed by atoms with E-state index in [-0.39, 0.29) is 15.7 Å². The summed E-state index contributed by atoms with van der Waals surface area (Å²) in [5.74, 6) is 0.0898. The van der Waals surface area contributed by atoms with Gasteiger partial charge in [0.25, 0.3) is 10.0 Å². The topological polar surface area (TPSA) is 101 Å². The van der Waals surface area contributed by atoms with E-state index in [9.17, 15) is 8.42 Å².